The van der Waals surface area contributed by atoms with Crippen molar-refractivity contribution in [1.82, 2.24) is 5.32 Å². The lowest BCUT2D eigenvalue weighted by molar-refractivity contribution is 0.249. The number of hydrogen-bond acceptors (Lipinski definition) is 2. The number of rotatable bonds is 3. The first kappa shape index (κ1) is 13.9. The van der Waals surface area contributed by atoms with Crippen LogP contribution in [0.5, 0.6) is 0 Å². The maximum Gasteiger partial charge on any atom is 0.319 e. The minimum atomic E-state index is -0.426. The molecule has 104 valence electrons. The second-order valence-corrected chi connectivity index (χ2v) is 4.46. The molecule has 0 bridgehead atoms. The molecule has 4 N–H and O–H groups in total. The van der Waals surface area contributed by atoms with Crippen molar-refractivity contribution in [3.63, 3.8) is 0 Å². The summed E-state index contributed by atoms with van der Waals surface area (Å²) >= 11 is 0. The smallest absolute Gasteiger partial charge is 0.319 e. The first-order valence-electron chi connectivity index (χ1n) is 6.24. The summed E-state index contributed by atoms with van der Waals surface area (Å²) < 4.78 is 13.6. The molecule has 0 radical (unpaired) electrons. The van der Waals surface area contributed by atoms with Crippen LogP contribution in [0.2, 0.25) is 0 Å². The number of nitrogens with one attached hydrogen (secondary N) is 2. The third-order valence-electron chi connectivity index (χ3n) is 2.89. The van der Waals surface area contributed by atoms with Crippen LogP contribution in [0.15, 0.2) is 48.5 Å². The summed E-state index contributed by atoms with van der Waals surface area (Å²) in [7, 11) is 0. The molecule has 2 aromatic carbocycles. The van der Waals surface area contributed by atoms with Gasteiger partial charge < -0.3 is 16.4 Å². The predicted molar refractivity (Wildman–Crippen MR) is 77.8 cm³/mol. The molecule has 1 unspecified atom stereocenters. The molecule has 4 nitrogen and oxygen atoms in total. The summed E-state index contributed by atoms with van der Waals surface area (Å²) in [6.45, 7) is 1.72. The van der Waals surface area contributed by atoms with Gasteiger partial charge in [-0.25, -0.2) is 9.18 Å². The molecule has 20 heavy (non-hydrogen) atoms. The van der Waals surface area contributed by atoms with Crippen LogP contribution in [0, 0.1) is 5.82 Å². The van der Waals surface area contributed by atoms with Crippen LogP contribution in [-0.4, -0.2) is 6.03 Å². The SMILES string of the molecule is CC(NC(=O)Nc1ccc(N)cc1)c1ccccc1F. The van der Waals surface area contributed by atoms with Gasteiger partial charge in [0.1, 0.15) is 5.82 Å². The highest BCUT2D eigenvalue weighted by molar-refractivity contribution is 5.89. The summed E-state index contributed by atoms with van der Waals surface area (Å²) in [4.78, 5) is 11.8. The first-order valence-corrected chi connectivity index (χ1v) is 6.24. The van der Waals surface area contributed by atoms with E-state index in [-0.39, 0.29) is 5.82 Å². The van der Waals surface area contributed by atoms with Gasteiger partial charge in [0, 0.05) is 16.9 Å². The largest absolute Gasteiger partial charge is 0.399 e. The van der Waals surface area contributed by atoms with Gasteiger partial charge in [-0.2, -0.15) is 0 Å². The summed E-state index contributed by atoms with van der Waals surface area (Å²) in [5, 5.41) is 5.34. The van der Waals surface area contributed by atoms with Crippen molar-refractivity contribution in [2.75, 3.05) is 11.1 Å². The Bertz CT molecular complexity index is 598. The Hall–Kier alpha value is -2.56. The van der Waals surface area contributed by atoms with Crippen LogP contribution in [0.1, 0.15) is 18.5 Å². The lowest BCUT2D eigenvalue weighted by Crippen LogP contribution is -2.31. The van der Waals surface area contributed by atoms with Gasteiger partial charge in [-0.15, -0.1) is 0 Å². The molecule has 0 aromatic heterocycles. The fraction of sp³-hybridized carbons (Fsp3) is 0.133. The quantitative estimate of drug-likeness (QED) is 0.751. The molecule has 0 aliphatic rings. The summed E-state index contributed by atoms with van der Waals surface area (Å²) in [5.74, 6) is -0.340. The second-order valence-electron chi connectivity index (χ2n) is 4.46. The van der Waals surface area contributed by atoms with E-state index < -0.39 is 12.1 Å². The number of nitrogens with two attached hydrogens (primary N) is 1. The maximum absolute atomic E-state index is 13.6. The number of halogens is 1. The van der Waals surface area contributed by atoms with E-state index >= 15 is 0 Å². The van der Waals surface area contributed by atoms with E-state index in [1.54, 1.807) is 49.4 Å². The lowest BCUT2D eigenvalue weighted by atomic mass is 10.1. The van der Waals surface area contributed by atoms with Crippen molar-refractivity contribution < 1.29 is 9.18 Å². The van der Waals surface area contributed by atoms with Crippen molar-refractivity contribution in [2.45, 2.75) is 13.0 Å². The van der Waals surface area contributed by atoms with E-state index in [1.165, 1.54) is 6.07 Å². The second kappa shape index (κ2) is 6.06. The van der Waals surface area contributed by atoms with E-state index in [0.29, 0.717) is 16.9 Å². The Kier molecular flexibility index (Phi) is 4.20. The minimum absolute atomic E-state index is 0.340. The monoisotopic (exact) mass is 273 g/mol. The fourth-order valence-electron chi connectivity index (χ4n) is 1.83. The van der Waals surface area contributed by atoms with Crippen LogP contribution in [-0.2, 0) is 0 Å². The number of benzene rings is 2. The number of amides is 2. The van der Waals surface area contributed by atoms with E-state index in [9.17, 15) is 9.18 Å². The molecule has 0 aliphatic heterocycles. The molecular weight excluding hydrogens is 257 g/mol. The minimum Gasteiger partial charge on any atom is -0.399 e. The topological polar surface area (TPSA) is 67.2 Å². The molecule has 0 saturated carbocycles. The average molecular weight is 273 g/mol. The van der Waals surface area contributed by atoms with Gasteiger partial charge in [0.05, 0.1) is 6.04 Å². The highest BCUT2D eigenvalue weighted by Gasteiger charge is 2.12. The fourth-order valence-corrected chi connectivity index (χ4v) is 1.83. The zero-order valence-electron chi connectivity index (χ0n) is 11.1. The molecular formula is C15H16FN3O. The van der Waals surface area contributed by atoms with Crippen molar-refractivity contribution in [1.29, 1.82) is 0 Å². The molecule has 2 rings (SSSR count). The number of nitrogen functional groups attached to an aromatic ring is 1. The van der Waals surface area contributed by atoms with Gasteiger partial charge in [-0.3, -0.25) is 0 Å². The molecule has 0 spiro atoms. The Morgan fingerprint density at radius 2 is 1.80 bits per heavy atom. The number of carbonyl (C=O) groups excluding carboxylic acids is 1. The van der Waals surface area contributed by atoms with Gasteiger partial charge in [-0.1, -0.05) is 18.2 Å². The third-order valence-corrected chi connectivity index (χ3v) is 2.89. The average Bonchev–Trinajstić information content (AvgIpc) is 2.41. The molecule has 0 heterocycles. The lowest BCUT2D eigenvalue weighted by Gasteiger charge is -2.15. The van der Waals surface area contributed by atoms with Gasteiger partial charge in [0.25, 0.3) is 0 Å². The van der Waals surface area contributed by atoms with Gasteiger partial charge in [-0.05, 0) is 37.3 Å². The predicted octanol–water partition coefficient (Wildman–Crippen LogP) is 3.29. The Morgan fingerprint density at radius 3 is 2.45 bits per heavy atom. The zero-order valence-corrected chi connectivity index (χ0v) is 11.1. The van der Waals surface area contributed by atoms with Crippen LogP contribution in [0.4, 0.5) is 20.6 Å². The van der Waals surface area contributed by atoms with Crippen molar-refractivity contribution >= 4 is 17.4 Å². The molecule has 1 atom stereocenters. The van der Waals surface area contributed by atoms with Gasteiger partial charge in [0.15, 0.2) is 0 Å². The van der Waals surface area contributed by atoms with E-state index in [2.05, 4.69) is 10.6 Å². The van der Waals surface area contributed by atoms with E-state index in [4.69, 9.17) is 5.73 Å². The highest BCUT2D eigenvalue weighted by atomic mass is 19.1. The zero-order chi connectivity index (χ0) is 14.5. The number of anilines is 2. The van der Waals surface area contributed by atoms with E-state index in [1.807, 2.05) is 0 Å². The van der Waals surface area contributed by atoms with Crippen LogP contribution < -0.4 is 16.4 Å². The molecule has 2 amide bonds. The summed E-state index contributed by atoms with van der Waals surface area (Å²) in [6.07, 6.45) is 0. The highest BCUT2D eigenvalue weighted by Crippen LogP contribution is 2.16. The third kappa shape index (κ3) is 3.47. The standard InChI is InChI=1S/C15H16FN3O/c1-10(13-4-2-3-5-14(13)16)18-15(20)19-12-8-6-11(17)7-9-12/h2-10H,17H2,1H3,(H2,18,19,20). The number of carbonyl (C=O) groups is 1. The van der Waals surface area contributed by atoms with Crippen molar-refractivity contribution in [2.24, 2.45) is 0 Å². The molecule has 0 aliphatic carbocycles. The first-order chi connectivity index (χ1) is 9.56. The summed E-state index contributed by atoms with van der Waals surface area (Å²) in [6, 6.07) is 12.3. The summed E-state index contributed by atoms with van der Waals surface area (Å²) in [5.41, 5.74) is 7.25. The Balaban J connectivity index is 1.98. The number of urea groups is 1. The normalized spacial score (nSPS) is 11.7. The van der Waals surface area contributed by atoms with Crippen molar-refractivity contribution in [3.05, 3.63) is 59.9 Å². The van der Waals surface area contributed by atoms with Crippen LogP contribution in [0.25, 0.3) is 0 Å². The Labute approximate surface area is 116 Å². The Morgan fingerprint density at radius 1 is 1.15 bits per heavy atom. The maximum atomic E-state index is 13.6. The molecule has 0 saturated heterocycles. The molecule has 2 aromatic rings. The molecule has 5 heteroatoms. The number of hydrogen-bond donors (Lipinski definition) is 3. The van der Waals surface area contributed by atoms with Crippen LogP contribution in [0.3, 0.4) is 0 Å². The van der Waals surface area contributed by atoms with Crippen LogP contribution >= 0.6 is 0 Å². The van der Waals surface area contributed by atoms with Crippen molar-refractivity contribution in [3.8, 4) is 0 Å². The van der Waals surface area contributed by atoms with Gasteiger partial charge in [0.2, 0.25) is 0 Å². The van der Waals surface area contributed by atoms with Gasteiger partial charge >= 0.3 is 6.03 Å². The van der Waals surface area contributed by atoms with E-state index in [0.717, 1.165) is 0 Å². The molecule has 0 fully saturated rings.